The van der Waals surface area contributed by atoms with Crippen LogP contribution >= 0.6 is 0 Å². The maximum Gasteiger partial charge on any atom is 0.341 e. The second kappa shape index (κ2) is 7.06. The first kappa shape index (κ1) is 12.6. The molecule has 0 rings (SSSR count). The number of allylic oxidation sites excluding steroid dienone is 1. The van der Waals surface area contributed by atoms with E-state index in [0.29, 0.717) is 5.57 Å². The SMILES string of the molecule is C=CC(=O)OC(=O)C(C)=CCCCC. The number of carbonyl (C=O) groups excluding carboxylic acids is 2. The van der Waals surface area contributed by atoms with Crippen molar-refractivity contribution in [3.8, 4) is 0 Å². The van der Waals surface area contributed by atoms with E-state index in [1.165, 1.54) is 0 Å². The molecule has 14 heavy (non-hydrogen) atoms. The van der Waals surface area contributed by atoms with Gasteiger partial charge in [-0.05, 0) is 13.3 Å². The molecule has 0 aliphatic rings. The van der Waals surface area contributed by atoms with Gasteiger partial charge in [-0.15, -0.1) is 0 Å². The van der Waals surface area contributed by atoms with Crippen molar-refractivity contribution < 1.29 is 14.3 Å². The summed E-state index contributed by atoms with van der Waals surface area (Å²) in [6, 6.07) is 0. The van der Waals surface area contributed by atoms with Crippen molar-refractivity contribution >= 4 is 11.9 Å². The van der Waals surface area contributed by atoms with Crippen molar-refractivity contribution in [3.05, 3.63) is 24.3 Å². The lowest BCUT2D eigenvalue weighted by Gasteiger charge is -1.99. The molecule has 0 radical (unpaired) electrons. The molecule has 0 saturated heterocycles. The Morgan fingerprint density at radius 1 is 1.43 bits per heavy atom. The molecule has 0 aliphatic carbocycles. The zero-order chi connectivity index (χ0) is 11.0. The van der Waals surface area contributed by atoms with E-state index in [-0.39, 0.29) is 0 Å². The fraction of sp³-hybridized carbons (Fsp3) is 0.455. The normalized spacial score (nSPS) is 10.9. The number of hydrogen-bond donors (Lipinski definition) is 0. The summed E-state index contributed by atoms with van der Waals surface area (Å²) >= 11 is 0. The molecule has 0 aromatic carbocycles. The quantitative estimate of drug-likeness (QED) is 0.293. The highest BCUT2D eigenvalue weighted by Gasteiger charge is 2.08. The van der Waals surface area contributed by atoms with Crippen LogP contribution in [-0.2, 0) is 14.3 Å². The van der Waals surface area contributed by atoms with Crippen molar-refractivity contribution in [2.45, 2.75) is 33.1 Å². The van der Waals surface area contributed by atoms with Gasteiger partial charge in [0.15, 0.2) is 0 Å². The van der Waals surface area contributed by atoms with Crippen molar-refractivity contribution in [1.82, 2.24) is 0 Å². The van der Waals surface area contributed by atoms with Crippen molar-refractivity contribution in [2.24, 2.45) is 0 Å². The zero-order valence-electron chi connectivity index (χ0n) is 8.71. The predicted molar refractivity (Wildman–Crippen MR) is 54.6 cm³/mol. The van der Waals surface area contributed by atoms with Gasteiger partial charge >= 0.3 is 11.9 Å². The fourth-order valence-corrected chi connectivity index (χ4v) is 0.820. The number of unbranched alkanes of at least 4 members (excludes halogenated alkanes) is 2. The minimum absolute atomic E-state index is 0.466. The van der Waals surface area contributed by atoms with Gasteiger partial charge in [0.25, 0.3) is 0 Å². The molecule has 0 spiro atoms. The zero-order valence-corrected chi connectivity index (χ0v) is 8.71. The lowest BCUT2D eigenvalue weighted by atomic mass is 10.2. The summed E-state index contributed by atoms with van der Waals surface area (Å²) in [4.78, 5) is 21.8. The molecule has 0 bridgehead atoms. The Morgan fingerprint density at radius 3 is 2.57 bits per heavy atom. The highest BCUT2D eigenvalue weighted by atomic mass is 16.6. The molecule has 0 aliphatic heterocycles. The molecule has 3 heteroatoms. The number of rotatable bonds is 5. The monoisotopic (exact) mass is 196 g/mol. The molecule has 0 amide bonds. The Bertz CT molecular complexity index is 251. The van der Waals surface area contributed by atoms with E-state index in [1.54, 1.807) is 13.0 Å². The van der Waals surface area contributed by atoms with Crippen molar-refractivity contribution in [1.29, 1.82) is 0 Å². The maximum atomic E-state index is 11.1. The number of carbonyl (C=O) groups is 2. The minimum Gasteiger partial charge on any atom is -0.386 e. The Hall–Kier alpha value is -1.38. The molecule has 0 atom stereocenters. The summed E-state index contributed by atoms with van der Waals surface area (Å²) in [6.45, 7) is 6.91. The number of esters is 2. The molecular formula is C11H16O3. The van der Waals surface area contributed by atoms with Gasteiger partial charge < -0.3 is 4.74 Å². The molecule has 0 N–H and O–H groups in total. The van der Waals surface area contributed by atoms with Gasteiger partial charge in [-0.2, -0.15) is 0 Å². The third kappa shape index (κ3) is 5.30. The summed E-state index contributed by atoms with van der Waals surface area (Å²) < 4.78 is 4.43. The average molecular weight is 196 g/mol. The second-order valence-corrected chi connectivity index (χ2v) is 2.94. The van der Waals surface area contributed by atoms with E-state index in [0.717, 1.165) is 25.3 Å². The van der Waals surface area contributed by atoms with Gasteiger partial charge in [-0.1, -0.05) is 32.4 Å². The van der Waals surface area contributed by atoms with E-state index in [9.17, 15) is 9.59 Å². The minimum atomic E-state index is -0.710. The van der Waals surface area contributed by atoms with Gasteiger partial charge in [0.1, 0.15) is 0 Å². The highest BCUT2D eigenvalue weighted by Crippen LogP contribution is 2.03. The standard InChI is InChI=1S/C11H16O3/c1-4-6-7-8-9(3)11(13)14-10(12)5-2/h5,8H,2,4,6-7H2,1,3H3. The van der Waals surface area contributed by atoms with E-state index >= 15 is 0 Å². The lowest BCUT2D eigenvalue weighted by molar-refractivity contribution is -0.153. The Kier molecular flexibility index (Phi) is 6.37. The predicted octanol–water partition coefficient (Wildman–Crippen LogP) is 2.38. The molecule has 0 aromatic rings. The van der Waals surface area contributed by atoms with Crippen LogP contribution in [0.4, 0.5) is 0 Å². The van der Waals surface area contributed by atoms with E-state index in [4.69, 9.17) is 0 Å². The smallest absolute Gasteiger partial charge is 0.341 e. The summed E-state index contributed by atoms with van der Waals surface area (Å²) in [6.07, 6.45) is 5.68. The van der Waals surface area contributed by atoms with E-state index in [2.05, 4.69) is 18.2 Å². The largest absolute Gasteiger partial charge is 0.386 e. The molecule has 78 valence electrons. The first-order valence-electron chi connectivity index (χ1n) is 4.67. The van der Waals surface area contributed by atoms with Crippen LogP contribution in [0.5, 0.6) is 0 Å². The fourth-order valence-electron chi connectivity index (χ4n) is 0.820. The Labute approximate surface area is 84.4 Å². The van der Waals surface area contributed by atoms with E-state index < -0.39 is 11.9 Å². The first-order chi connectivity index (χ1) is 6.61. The van der Waals surface area contributed by atoms with Gasteiger partial charge in [-0.3, -0.25) is 0 Å². The topological polar surface area (TPSA) is 43.4 Å². The van der Waals surface area contributed by atoms with Crippen LogP contribution in [0.3, 0.4) is 0 Å². The summed E-state index contributed by atoms with van der Waals surface area (Å²) in [5, 5.41) is 0. The van der Waals surface area contributed by atoms with Crippen molar-refractivity contribution in [2.75, 3.05) is 0 Å². The first-order valence-corrected chi connectivity index (χ1v) is 4.67. The summed E-state index contributed by atoms with van der Waals surface area (Å²) in [7, 11) is 0. The second-order valence-electron chi connectivity index (χ2n) is 2.94. The number of hydrogen-bond acceptors (Lipinski definition) is 3. The molecule has 0 unspecified atom stereocenters. The molecule has 0 heterocycles. The van der Waals surface area contributed by atoms with Gasteiger partial charge in [-0.25, -0.2) is 9.59 Å². The molecule has 0 fully saturated rings. The van der Waals surface area contributed by atoms with Crippen LogP contribution in [0.15, 0.2) is 24.3 Å². The van der Waals surface area contributed by atoms with Gasteiger partial charge in [0.2, 0.25) is 0 Å². The van der Waals surface area contributed by atoms with Gasteiger partial charge in [0, 0.05) is 11.6 Å². The third-order valence-electron chi connectivity index (χ3n) is 1.69. The highest BCUT2D eigenvalue weighted by molar-refractivity contribution is 5.98. The van der Waals surface area contributed by atoms with Crippen molar-refractivity contribution in [3.63, 3.8) is 0 Å². The third-order valence-corrected chi connectivity index (χ3v) is 1.69. The Morgan fingerprint density at radius 2 is 2.07 bits per heavy atom. The Balaban J connectivity index is 4.04. The van der Waals surface area contributed by atoms with Crippen LogP contribution in [0.1, 0.15) is 33.1 Å². The van der Waals surface area contributed by atoms with Crippen LogP contribution in [0.25, 0.3) is 0 Å². The van der Waals surface area contributed by atoms with Crippen LogP contribution in [0, 0.1) is 0 Å². The maximum absolute atomic E-state index is 11.1. The molecule has 0 aromatic heterocycles. The van der Waals surface area contributed by atoms with Crippen LogP contribution < -0.4 is 0 Å². The van der Waals surface area contributed by atoms with E-state index in [1.807, 2.05) is 0 Å². The summed E-state index contributed by atoms with van der Waals surface area (Å²) in [5.41, 5.74) is 0.466. The van der Waals surface area contributed by atoms with Crippen LogP contribution in [0.2, 0.25) is 0 Å². The van der Waals surface area contributed by atoms with Crippen LogP contribution in [-0.4, -0.2) is 11.9 Å². The summed E-state index contributed by atoms with van der Waals surface area (Å²) in [5.74, 6) is -1.30. The average Bonchev–Trinajstić information content (AvgIpc) is 2.17. The molecule has 0 saturated carbocycles. The molecular weight excluding hydrogens is 180 g/mol. The lowest BCUT2D eigenvalue weighted by Crippen LogP contribution is -2.10. The molecule has 3 nitrogen and oxygen atoms in total. The van der Waals surface area contributed by atoms with Gasteiger partial charge in [0.05, 0.1) is 0 Å². The number of ether oxygens (including phenoxy) is 1.